The molecule has 0 radical (unpaired) electrons. The Labute approximate surface area is 244 Å². The standard InChI is InChI=1S/C32H20N3S2.Pt/c36-29-12-6-9-22-13-16-31(34-32(22)29)37-24-14-15-26-25-10-4-5-11-27(25)35(28(26)20-24)30-19-23(17-18-33-30)21-7-2-1-3-8-21;/h1-19,36H;/q-1;+2/p-1. The number of para-hydroxylation sites is 2. The van der Waals surface area contributed by atoms with E-state index in [4.69, 9.17) is 22.6 Å². The average molecular weight is 705 g/mol. The monoisotopic (exact) mass is 704 g/mol. The van der Waals surface area contributed by atoms with Gasteiger partial charge in [-0.2, -0.15) is 12.1 Å². The Hall–Kier alpha value is -3.50. The van der Waals surface area contributed by atoms with Crippen LogP contribution >= 0.6 is 11.8 Å². The van der Waals surface area contributed by atoms with Crippen LogP contribution in [0.1, 0.15) is 0 Å². The third-order valence-electron chi connectivity index (χ3n) is 6.51. The van der Waals surface area contributed by atoms with E-state index in [1.165, 1.54) is 5.39 Å². The summed E-state index contributed by atoms with van der Waals surface area (Å²) in [5.74, 6) is 0.866. The number of hydrogen-bond donors (Lipinski definition) is 0. The number of aromatic nitrogens is 3. The quantitative estimate of drug-likeness (QED) is 0.137. The largest absolute Gasteiger partial charge is 2.00 e. The second-order valence-electron chi connectivity index (χ2n) is 8.79. The van der Waals surface area contributed by atoms with Gasteiger partial charge in [0.15, 0.2) is 0 Å². The van der Waals surface area contributed by atoms with Gasteiger partial charge in [-0.1, -0.05) is 95.0 Å². The van der Waals surface area contributed by atoms with E-state index < -0.39 is 0 Å². The maximum Gasteiger partial charge on any atom is 2.00 e. The van der Waals surface area contributed by atoms with Gasteiger partial charge in [0.25, 0.3) is 0 Å². The van der Waals surface area contributed by atoms with Crippen LogP contribution in [0.3, 0.4) is 0 Å². The molecule has 7 rings (SSSR count). The molecule has 3 nitrogen and oxygen atoms in total. The summed E-state index contributed by atoms with van der Waals surface area (Å²) in [5.41, 5.74) is 5.25. The van der Waals surface area contributed by atoms with Crippen molar-refractivity contribution >= 4 is 57.1 Å². The molecule has 7 aromatic rings. The molecule has 0 aliphatic rings. The fourth-order valence-corrected chi connectivity index (χ4v) is 5.82. The first-order chi connectivity index (χ1) is 18.2. The molecular formula is C32H19N3PtS2. The summed E-state index contributed by atoms with van der Waals surface area (Å²) < 4.78 is 2.20. The molecule has 0 saturated carbocycles. The minimum Gasteiger partial charge on any atom is -0.778 e. The van der Waals surface area contributed by atoms with Gasteiger partial charge in [0.2, 0.25) is 0 Å². The molecule has 3 heterocycles. The third-order valence-corrected chi connectivity index (χ3v) is 7.73. The van der Waals surface area contributed by atoms with E-state index in [9.17, 15) is 0 Å². The summed E-state index contributed by atoms with van der Waals surface area (Å²) in [6.07, 6.45) is 1.88. The van der Waals surface area contributed by atoms with Crippen LogP contribution in [0.15, 0.2) is 130 Å². The van der Waals surface area contributed by atoms with E-state index in [0.29, 0.717) is 0 Å². The smallest absolute Gasteiger partial charge is 0.778 e. The molecule has 38 heavy (non-hydrogen) atoms. The number of rotatable bonds is 4. The molecule has 0 aliphatic heterocycles. The molecule has 0 saturated heterocycles. The zero-order valence-electron chi connectivity index (χ0n) is 19.9. The summed E-state index contributed by atoms with van der Waals surface area (Å²) in [6.45, 7) is 0. The molecular weight excluding hydrogens is 686 g/mol. The summed E-state index contributed by atoms with van der Waals surface area (Å²) in [7, 11) is 0. The van der Waals surface area contributed by atoms with Gasteiger partial charge in [0.1, 0.15) is 5.82 Å². The Morgan fingerprint density at radius 2 is 1.58 bits per heavy atom. The van der Waals surface area contributed by atoms with Gasteiger partial charge in [-0.15, -0.1) is 16.3 Å². The predicted octanol–water partition coefficient (Wildman–Crippen LogP) is 8.25. The molecule has 0 aliphatic carbocycles. The molecule has 4 aromatic carbocycles. The van der Waals surface area contributed by atoms with Crippen molar-refractivity contribution in [1.82, 2.24) is 14.5 Å². The van der Waals surface area contributed by atoms with E-state index in [0.717, 1.165) is 59.1 Å². The SMILES string of the molecule is [Pt+2].[S-]c1cccc2ccc(Sc3[c-]c4c(cc3)c3ccccc3n4-c3cc(-c4ccccc4)ccn3)nc12. The molecule has 0 N–H and O–H groups in total. The molecule has 184 valence electrons. The molecule has 0 amide bonds. The fourth-order valence-electron chi connectivity index (χ4n) is 4.79. The number of hydrogen-bond acceptors (Lipinski definition) is 4. The second kappa shape index (κ2) is 10.3. The van der Waals surface area contributed by atoms with Crippen LogP contribution in [0.2, 0.25) is 0 Å². The van der Waals surface area contributed by atoms with E-state index in [-0.39, 0.29) is 21.1 Å². The van der Waals surface area contributed by atoms with Crippen LogP contribution in [-0.4, -0.2) is 14.5 Å². The van der Waals surface area contributed by atoms with Crippen molar-refractivity contribution in [1.29, 1.82) is 0 Å². The normalized spacial score (nSPS) is 11.2. The minimum absolute atomic E-state index is 0. The second-order valence-corrected chi connectivity index (χ2v) is 10.3. The van der Waals surface area contributed by atoms with Crippen molar-refractivity contribution in [2.75, 3.05) is 0 Å². The van der Waals surface area contributed by atoms with E-state index in [1.807, 2.05) is 36.5 Å². The van der Waals surface area contributed by atoms with E-state index in [1.54, 1.807) is 11.8 Å². The summed E-state index contributed by atoms with van der Waals surface area (Å²) in [5, 5.41) is 4.27. The molecule has 0 fully saturated rings. The van der Waals surface area contributed by atoms with Crippen molar-refractivity contribution in [3.63, 3.8) is 0 Å². The van der Waals surface area contributed by atoms with Crippen LogP contribution in [0.25, 0.3) is 49.7 Å². The van der Waals surface area contributed by atoms with Gasteiger partial charge < -0.3 is 17.2 Å². The topological polar surface area (TPSA) is 30.7 Å². The third kappa shape index (κ3) is 4.41. The first-order valence-electron chi connectivity index (χ1n) is 12.0. The predicted molar refractivity (Wildman–Crippen MR) is 154 cm³/mol. The van der Waals surface area contributed by atoms with Gasteiger partial charge in [-0.3, -0.25) is 0 Å². The Bertz CT molecular complexity index is 1930. The van der Waals surface area contributed by atoms with Gasteiger partial charge >= 0.3 is 21.1 Å². The van der Waals surface area contributed by atoms with Crippen LogP contribution < -0.4 is 0 Å². The van der Waals surface area contributed by atoms with Crippen LogP contribution in [0, 0.1) is 6.07 Å². The molecule has 0 bridgehead atoms. The molecule has 0 unspecified atom stereocenters. The average Bonchev–Trinajstić information content (AvgIpc) is 3.28. The first kappa shape index (κ1) is 24.8. The summed E-state index contributed by atoms with van der Waals surface area (Å²) in [4.78, 5) is 11.4. The maximum atomic E-state index is 5.51. The first-order valence-corrected chi connectivity index (χ1v) is 13.2. The number of benzene rings is 4. The van der Waals surface area contributed by atoms with Crippen molar-refractivity contribution in [2.24, 2.45) is 0 Å². The minimum atomic E-state index is 0. The Morgan fingerprint density at radius 1 is 0.737 bits per heavy atom. The van der Waals surface area contributed by atoms with Crippen LogP contribution in [0.5, 0.6) is 0 Å². The van der Waals surface area contributed by atoms with Gasteiger partial charge in [0, 0.05) is 11.7 Å². The molecule has 0 atom stereocenters. The molecule has 3 aromatic heterocycles. The van der Waals surface area contributed by atoms with E-state index >= 15 is 0 Å². The van der Waals surface area contributed by atoms with Gasteiger partial charge in [0.05, 0.1) is 10.5 Å². The van der Waals surface area contributed by atoms with Crippen molar-refractivity contribution in [2.45, 2.75) is 14.8 Å². The molecule has 6 heteroatoms. The number of pyridine rings is 2. The van der Waals surface area contributed by atoms with Gasteiger partial charge in [-0.25, -0.2) is 9.97 Å². The van der Waals surface area contributed by atoms with Crippen molar-refractivity contribution in [3.05, 3.63) is 121 Å². The number of nitrogens with zero attached hydrogens (tertiary/aromatic N) is 3. The zero-order valence-corrected chi connectivity index (χ0v) is 23.8. The molecule has 0 spiro atoms. The van der Waals surface area contributed by atoms with Crippen molar-refractivity contribution < 1.29 is 21.1 Å². The van der Waals surface area contributed by atoms with Crippen molar-refractivity contribution in [3.8, 4) is 16.9 Å². The Kier molecular flexibility index (Phi) is 6.75. The zero-order chi connectivity index (χ0) is 24.8. The Morgan fingerprint density at radius 3 is 2.47 bits per heavy atom. The van der Waals surface area contributed by atoms with E-state index in [2.05, 4.69) is 89.5 Å². The van der Waals surface area contributed by atoms with Crippen LogP contribution in [0.4, 0.5) is 0 Å². The van der Waals surface area contributed by atoms with Crippen LogP contribution in [-0.2, 0) is 33.7 Å². The maximum absolute atomic E-state index is 5.51. The summed E-state index contributed by atoms with van der Waals surface area (Å²) >= 11 is 7.10. The number of fused-ring (bicyclic) bond motifs is 4. The fraction of sp³-hybridized carbons (Fsp3) is 0. The Balaban J connectivity index is 0.00000264. The summed E-state index contributed by atoms with van der Waals surface area (Å²) in [6, 6.07) is 41.1. The van der Waals surface area contributed by atoms with Gasteiger partial charge in [-0.05, 0) is 46.2 Å².